The van der Waals surface area contributed by atoms with Crippen molar-refractivity contribution >= 4 is 5.97 Å². The molecular weight excluding hydrogens is 176 g/mol. The quantitative estimate of drug-likeness (QED) is 0.438. The molecule has 0 N–H and O–H groups in total. The van der Waals surface area contributed by atoms with Crippen LogP contribution in [0.4, 0.5) is 0 Å². The van der Waals surface area contributed by atoms with E-state index < -0.39 is 0 Å². The van der Waals surface area contributed by atoms with E-state index in [4.69, 9.17) is 4.74 Å². The summed E-state index contributed by atoms with van der Waals surface area (Å²) < 4.78 is 4.81. The van der Waals surface area contributed by atoms with Crippen molar-refractivity contribution in [2.24, 2.45) is 0 Å². The van der Waals surface area contributed by atoms with Crippen LogP contribution in [0.5, 0.6) is 0 Å². The van der Waals surface area contributed by atoms with Gasteiger partial charge in [-0.2, -0.15) is 0 Å². The summed E-state index contributed by atoms with van der Waals surface area (Å²) in [7, 11) is 0. The molecule has 0 aromatic heterocycles. The Morgan fingerprint density at radius 1 is 1.07 bits per heavy atom. The van der Waals surface area contributed by atoms with Gasteiger partial charge in [0.05, 0.1) is 6.08 Å². The van der Waals surface area contributed by atoms with E-state index in [1.54, 1.807) is 6.08 Å². The van der Waals surface area contributed by atoms with Crippen molar-refractivity contribution in [1.29, 1.82) is 0 Å². The lowest BCUT2D eigenvalue weighted by Crippen LogP contribution is -2.12. The highest BCUT2D eigenvalue weighted by molar-refractivity contribution is 5.88. The number of hydrogen-bond acceptors (Lipinski definition) is 2. The van der Waals surface area contributed by atoms with Gasteiger partial charge >= 0.3 is 5.97 Å². The molecule has 0 aliphatic carbocycles. The van der Waals surface area contributed by atoms with Crippen molar-refractivity contribution in [3.05, 3.63) is 11.8 Å². The van der Waals surface area contributed by atoms with Gasteiger partial charge in [-0.15, -0.1) is 0 Å². The number of carbonyl (C=O) groups excluding carboxylic acids is 1. The fourth-order valence-corrected chi connectivity index (χ4v) is 1.64. The van der Waals surface area contributed by atoms with Gasteiger partial charge in [0.1, 0.15) is 5.76 Å². The molecule has 0 saturated carbocycles. The predicted molar refractivity (Wildman–Crippen MR) is 56.8 cm³/mol. The van der Waals surface area contributed by atoms with Gasteiger partial charge in [-0.05, 0) is 6.42 Å². The zero-order valence-electron chi connectivity index (χ0n) is 9.05. The fraction of sp³-hybridized carbons (Fsp3) is 0.750. The Bertz CT molecular complexity index is 206. The van der Waals surface area contributed by atoms with E-state index in [1.807, 2.05) is 0 Å². The first-order valence-electron chi connectivity index (χ1n) is 5.75. The Morgan fingerprint density at radius 2 is 1.64 bits per heavy atom. The molecule has 14 heavy (non-hydrogen) atoms. The third-order valence-corrected chi connectivity index (χ3v) is 2.54. The molecule has 0 aromatic carbocycles. The first-order valence-corrected chi connectivity index (χ1v) is 5.75. The van der Waals surface area contributed by atoms with E-state index in [-0.39, 0.29) is 5.97 Å². The number of cyclic esters (lactones) is 1. The SMILES string of the molecule is CCCCCCCCCC1=CC(=O)O1. The topological polar surface area (TPSA) is 26.3 Å². The Balaban J connectivity index is 1.81. The third kappa shape index (κ3) is 4.45. The van der Waals surface area contributed by atoms with Crippen LogP contribution in [0.15, 0.2) is 11.8 Å². The summed E-state index contributed by atoms with van der Waals surface area (Å²) >= 11 is 0. The summed E-state index contributed by atoms with van der Waals surface area (Å²) in [5, 5.41) is 0. The lowest BCUT2D eigenvalue weighted by atomic mass is 10.1. The van der Waals surface area contributed by atoms with Gasteiger partial charge in [0.15, 0.2) is 0 Å². The van der Waals surface area contributed by atoms with E-state index >= 15 is 0 Å². The minimum absolute atomic E-state index is 0.178. The maximum Gasteiger partial charge on any atom is 0.339 e. The van der Waals surface area contributed by atoms with Crippen LogP contribution >= 0.6 is 0 Å². The van der Waals surface area contributed by atoms with E-state index in [0.717, 1.165) is 18.6 Å². The first kappa shape index (κ1) is 11.3. The number of ether oxygens (including phenoxy) is 1. The number of carbonyl (C=O) groups is 1. The van der Waals surface area contributed by atoms with Gasteiger partial charge in [0.2, 0.25) is 0 Å². The minimum Gasteiger partial charge on any atom is -0.428 e. The average Bonchev–Trinajstić information content (AvgIpc) is 2.13. The molecule has 1 aliphatic rings. The van der Waals surface area contributed by atoms with Crippen molar-refractivity contribution in [3.63, 3.8) is 0 Å². The maximum atomic E-state index is 10.4. The first-order chi connectivity index (χ1) is 6.83. The Kier molecular flexibility index (Phi) is 5.35. The molecule has 1 rings (SSSR count). The second kappa shape index (κ2) is 6.63. The smallest absolute Gasteiger partial charge is 0.339 e. The second-order valence-corrected chi connectivity index (χ2v) is 3.90. The number of rotatable bonds is 8. The van der Waals surface area contributed by atoms with E-state index in [9.17, 15) is 4.79 Å². The molecule has 0 unspecified atom stereocenters. The molecular formula is C12H20O2. The maximum absolute atomic E-state index is 10.4. The van der Waals surface area contributed by atoms with Crippen molar-refractivity contribution in [1.82, 2.24) is 0 Å². The van der Waals surface area contributed by atoms with Crippen molar-refractivity contribution < 1.29 is 9.53 Å². The third-order valence-electron chi connectivity index (χ3n) is 2.54. The van der Waals surface area contributed by atoms with Crippen molar-refractivity contribution in [2.45, 2.75) is 58.3 Å². The normalized spacial score (nSPS) is 14.6. The van der Waals surface area contributed by atoms with Crippen molar-refractivity contribution in [3.8, 4) is 0 Å². The van der Waals surface area contributed by atoms with Gasteiger partial charge in [-0.1, -0.05) is 45.4 Å². The number of allylic oxidation sites excluding steroid dienone is 1. The van der Waals surface area contributed by atoms with Crippen LogP contribution in [-0.4, -0.2) is 5.97 Å². The number of unbranched alkanes of at least 4 members (excludes halogenated alkanes) is 6. The van der Waals surface area contributed by atoms with Gasteiger partial charge in [-0.25, -0.2) is 4.79 Å². The van der Waals surface area contributed by atoms with Gasteiger partial charge in [0.25, 0.3) is 0 Å². The fourth-order valence-electron chi connectivity index (χ4n) is 1.64. The molecule has 2 nitrogen and oxygen atoms in total. The number of hydrogen-bond donors (Lipinski definition) is 0. The average molecular weight is 196 g/mol. The van der Waals surface area contributed by atoms with Gasteiger partial charge < -0.3 is 4.74 Å². The van der Waals surface area contributed by atoms with Crippen LogP contribution in [0.25, 0.3) is 0 Å². The number of esters is 1. The molecule has 1 heterocycles. The van der Waals surface area contributed by atoms with Crippen LogP contribution < -0.4 is 0 Å². The Labute approximate surface area is 86.3 Å². The lowest BCUT2D eigenvalue weighted by molar-refractivity contribution is -0.138. The zero-order chi connectivity index (χ0) is 10.2. The largest absolute Gasteiger partial charge is 0.428 e. The summed E-state index contributed by atoms with van der Waals surface area (Å²) in [5.74, 6) is 0.700. The predicted octanol–water partition coefficient (Wildman–Crippen LogP) is 3.57. The highest BCUT2D eigenvalue weighted by Gasteiger charge is 2.15. The van der Waals surface area contributed by atoms with E-state index in [0.29, 0.717) is 0 Å². The lowest BCUT2D eigenvalue weighted by Gasteiger charge is -2.13. The molecule has 2 heteroatoms. The summed E-state index contributed by atoms with van der Waals surface area (Å²) in [6.45, 7) is 2.23. The van der Waals surface area contributed by atoms with Crippen LogP contribution in [0.1, 0.15) is 58.3 Å². The van der Waals surface area contributed by atoms with Crippen molar-refractivity contribution in [2.75, 3.05) is 0 Å². The minimum atomic E-state index is -0.178. The summed E-state index contributed by atoms with van der Waals surface area (Å²) in [4.78, 5) is 10.4. The Hall–Kier alpha value is -0.790. The molecule has 0 bridgehead atoms. The highest BCUT2D eigenvalue weighted by Crippen LogP contribution is 2.18. The molecule has 0 fully saturated rings. The summed E-state index contributed by atoms with van der Waals surface area (Å²) in [6, 6.07) is 0. The molecule has 1 aliphatic heterocycles. The molecule has 80 valence electrons. The van der Waals surface area contributed by atoms with Crippen LogP contribution in [-0.2, 0) is 9.53 Å². The molecule has 0 amide bonds. The van der Waals surface area contributed by atoms with Crippen LogP contribution in [0.2, 0.25) is 0 Å². The molecule has 0 saturated heterocycles. The summed E-state index contributed by atoms with van der Waals surface area (Å²) in [6.07, 6.45) is 11.7. The molecule has 0 spiro atoms. The van der Waals surface area contributed by atoms with E-state index in [1.165, 1.54) is 38.5 Å². The standard InChI is InChI=1S/C12H20O2/c1-2-3-4-5-6-7-8-9-11-10-12(13)14-11/h10H,2-9H2,1H3. The van der Waals surface area contributed by atoms with Gasteiger partial charge in [-0.3, -0.25) is 0 Å². The molecule has 0 aromatic rings. The molecule has 0 atom stereocenters. The summed E-state index contributed by atoms with van der Waals surface area (Å²) in [5.41, 5.74) is 0. The monoisotopic (exact) mass is 196 g/mol. The van der Waals surface area contributed by atoms with E-state index in [2.05, 4.69) is 6.92 Å². The molecule has 0 radical (unpaired) electrons. The highest BCUT2D eigenvalue weighted by atomic mass is 16.6. The van der Waals surface area contributed by atoms with Crippen LogP contribution in [0, 0.1) is 0 Å². The second-order valence-electron chi connectivity index (χ2n) is 3.90. The Morgan fingerprint density at radius 3 is 2.21 bits per heavy atom. The van der Waals surface area contributed by atoms with Gasteiger partial charge in [0, 0.05) is 6.42 Å². The zero-order valence-corrected chi connectivity index (χ0v) is 9.05. The van der Waals surface area contributed by atoms with Crippen LogP contribution in [0.3, 0.4) is 0 Å².